The molecule has 2 rings (SSSR count). The Hall–Kier alpha value is -1.29. The first kappa shape index (κ1) is 13.1. The second kappa shape index (κ2) is 5.57. The Bertz CT molecular complexity index is 450. The Labute approximate surface area is 112 Å². The molecule has 0 radical (unpaired) electrons. The summed E-state index contributed by atoms with van der Waals surface area (Å²) in [7, 11) is 0. The van der Waals surface area contributed by atoms with Gasteiger partial charge in [0.1, 0.15) is 5.82 Å². The van der Waals surface area contributed by atoms with E-state index in [2.05, 4.69) is 22.5 Å². The minimum atomic E-state index is -0.0894. The molecule has 1 aromatic rings. The van der Waals surface area contributed by atoms with Crippen molar-refractivity contribution in [2.24, 2.45) is 5.92 Å². The molecule has 0 saturated heterocycles. The van der Waals surface area contributed by atoms with Gasteiger partial charge in [-0.2, -0.15) is 0 Å². The summed E-state index contributed by atoms with van der Waals surface area (Å²) in [5.41, 5.74) is 0.517. The molecule has 1 aromatic heterocycles. The first-order chi connectivity index (χ1) is 8.65. The Kier molecular flexibility index (Phi) is 4.07. The Morgan fingerprint density at radius 2 is 2.33 bits per heavy atom. The van der Waals surface area contributed by atoms with Crippen molar-refractivity contribution in [1.82, 2.24) is 10.3 Å². The van der Waals surface area contributed by atoms with Crippen LogP contribution in [-0.4, -0.2) is 23.5 Å². The second-order valence-corrected chi connectivity index (χ2v) is 4.98. The van der Waals surface area contributed by atoms with Crippen LogP contribution in [0.5, 0.6) is 0 Å². The van der Waals surface area contributed by atoms with Crippen LogP contribution < -0.4 is 10.6 Å². The van der Waals surface area contributed by atoms with Crippen molar-refractivity contribution < 1.29 is 4.79 Å². The van der Waals surface area contributed by atoms with E-state index in [1.165, 1.54) is 0 Å². The fraction of sp³-hybridized carbons (Fsp3) is 0.538. The molecule has 2 N–H and O–H groups in total. The first-order valence-electron chi connectivity index (χ1n) is 6.36. The highest BCUT2D eigenvalue weighted by molar-refractivity contribution is 6.33. The standard InChI is InChI=1S/C13H18ClN3O/c1-3-8-6-11(8)17-13(18)9-5-10(14)12(15-4-2)16-7-9/h5,7-8,11H,3-4,6H2,1-2H3,(H,15,16)(H,17,18). The van der Waals surface area contributed by atoms with Crippen LogP contribution in [0.25, 0.3) is 0 Å². The van der Waals surface area contributed by atoms with Gasteiger partial charge in [-0.1, -0.05) is 24.9 Å². The zero-order chi connectivity index (χ0) is 13.1. The number of hydrogen-bond acceptors (Lipinski definition) is 3. The largest absolute Gasteiger partial charge is 0.369 e. The van der Waals surface area contributed by atoms with Crippen LogP contribution in [0.4, 0.5) is 5.82 Å². The van der Waals surface area contributed by atoms with Crippen LogP contribution in [0.3, 0.4) is 0 Å². The summed E-state index contributed by atoms with van der Waals surface area (Å²) in [5, 5.41) is 6.51. The molecule has 0 bridgehead atoms. The van der Waals surface area contributed by atoms with Crippen molar-refractivity contribution in [1.29, 1.82) is 0 Å². The van der Waals surface area contributed by atoms with Crippen molar-refractivity contribution in [3.63, 3.8) is 0 Å². The van der Waals surface area contributed by atoms with E-state index >= 15 is 0 Å². The quantitative estimate of drug-likeness (QED) is 0.862. The minimum absolute atomic E-state index is 0.0894. The summed E-state index contributed by atoms with van der Waals surface area (Å²) in [6, 6.07) is 1.99. The monoisotopic (exact) mass is 267 g/mol. The maximum absolute atomic E-state index is 11.9. The number of halogens is 1. The van der Waals surface area contributed by atoms with Gasteiger partial charge in [-0.05, 0) is 25.3 Å². The lowest BCUT2D eigenvalue weighted by molar-refractivity contribution is 0.0948. The highest BCUT2D eigenvalue weighted by Crippen LogP contribution is 2.33. The molecule has 1 saturated carbocycles. The number of carbonyl (C=O) groups is 1. The summed E-state index contributed by atoms with van der Waals surface area (Å²) in [6.45, 7) is 4.86. The van der Waals surface area contributed by atoms with Crippen LogP contribution >= 0.6 is 11.6 Å². The third kappa shape index (κ3) is 2.93. The van der Waals surface area contributed by atoms with Crippen LogP contribution in [-0.2, 0) is 0 Å². The lowest BCUT2D eigenvalue weighted by Gasteiger charge is -2.07. The SMILES string of the molecule is CCNc1ncc(C(=O)NC2CC2CC)cc1Cl. The molecule has 0 aromatic carbocycles. The maximum atomic E-state index is 11.9. The zero-order valence-corrected chi connectivity index (χ0v) is 11.4. The van der Waals surface area contributed by atoms with Gasteiger partial charge in [0.05, 0.1) is 10.6 Å². The summed E-state index contributed by atoms with van der Waals surface area (Å²) in [6.07, 6.45) is 3.75. The van der Waals surface area contributed by atoms with E-state index in [0.29, 0.717) is 28.4 Å². The highest BCUT2D eigenvalue weighted by atomic mass is 35.5. The molecule has 1 amide bonds. The third-order valence-corrected chi connectivity index (χ3v) is 3.50. The fourth-order valence-corrected chi connectivity index (χ4v) is 2.22. The molecule has 1 aliphatic rings. The molecule has 98 valence electrons. The molecule has 0 aliphatic heterocycles. The minimum Gasteiger partial charge on any atom is -0.369 e. The number of carbonyl (C=O) groups excluding carboxylic acids is 1. The fourth-order valence-electron chi connectivity index (χ4n) is 1.99. The molecule has 1 fully saturated rings. The van der Waals surface area contributed by atoms with Crippen LogP contribution in [0, 0.1) is 5.92 Å². The van der Waals surface area contributed by atoms with Crippen LogP contribution in [0.1, 0.15) is 37.0 Å². The molecule has 1 aliphatic carbocycles. The topological polar surface area (TPSA) is 54.0 Å². The van der Waals surface area contributed by atoms with E-state index in [1.54, 1.807) is 12.3 Å². The van der Waals surface area contributed by atoms with Crippen molar-refractivity contribution in [3.8, 4) is 0 Å². The van der Waals surface area contributed by atoms with Gasteiger partial charge in [-0.3, -0.25) is 4.79 Å². The van der Waals surface area contributed by atoms with Gasteiger partial charge >= 0.3 is 0 Å². The lowest BCUT2D eigenvalue weighted by Crippen LogP contribution is -2.27. The predicted octanol–water partition coefficient (Wildman–Crippen LogP) is 2.70. The van der Waals surface area contributed by atoms with Crippen molar-refractivity contribution >= 4 is 23.3 Å². The maximum Gasteiger partial charge on any atom is 0.253 e. The zero-order valence-electron chi connectivity index (χ0n) is 10.7. The van der Waals surface area contributed by atoms with Gasteiger partial charge in [-0.25, -0.2) is 4.98 Å². The lowest BCUT2D eigenvalue weighted by atomic mass is 10.2. The van der Waals surface area contributed by atoms with Crippen LogP contribution in [0.2, 0.25) is 5.02 Å². The van der Waals surface area contributed by atoms with Crippen molar-refractivity contribution in [2.45, 2.75) is 32.7 Å². The highest BCUT2D eigenvalue weighted by Gasteiger charge is 2.36. The number of rotatable bonds is 5. The molecule has 18 heavy (non-hydrogen) atoms. The Morgan fingerprint density at radius 3 is 2.89 bits per heavy atom. The number of nitrogens with one attached hydrogen (secondary N) is 2. The van der Waals surface area contributed by atoms with Gasteiger partial charge in [-0.15, -0.1) is 0 Å². The predicted molar refractivity (Wildman–Crippen MR) is 73.1 cm³/mol. The molecule has 5 heteroatoms. The molecule has 2 unspecified atom stereocenters. The molecule has 0 spiro atoms. The van der Waals surface area contributed by atoms with Gasteiger partial charge in [0.25, 0.3) is 5.91 Å². The molecule has 4 nitrogen and oxygen atoms in total. The first-order valence-corrected chi connectivity index (χ1v) is 6.73. The summed E-state index contributed by atoms with van der Waals surface area (Å²) >= 11 is 6.06. The number of hydrogen-bond donors (Lipinski definition) is 2. The molecule has 1 heterocycles. The van der Waals surface area contributed by atoms with Gasteiger partial charge in [0.2, 0.25) is 0 Å². The van der Waals surface area contributed by atoms with Gasteiger partial charge in [0.15, 0.2) is 0 Å². The van der Waals surface area contributed by atoms with Gasteiger partial charge < -0.3 is 10.6 Å². The van der Waals surface area contributed by atoms with E-state index in [4.69, 9.17) is 11.6 Å². The van der Waals surface area contributed by atoms with E-state index in [0.717, 1.165) is 19.4 Å². The van der Waals surface area contributed by atoms with E-state index < -0.39 is 0 Å². The van der Waals surface area contributed by atoms with Crippen LogP contribution in [0.15, 0.2) is 12.3 Å². The summed E-state index contributed by atoms with van der Waals surface area (Å²) < 4.78 is 0. The Morgan fingerprint density at radius 1 is 1.56 bits per heavy atom. The summed E-state index contributed by atoms with van der Waals surface area (Å²) in [4.78, 5) is 16.1. The normalized spacial score (nSPS) is 21.5. The number of nitrogens with zero attached hydrogens (tertiary/aromatic N) is 1. The number of aromatic nitrogens is 1. The molecule has 2 atom stereocenters. The molecular weight excluding hydrogens is 250 g/mol. The Balaban J connectivity index is 2.00. The third-order valence-electron chi connectivity index (χ3n) is 3.21. The van der Waals surface area contributed by atoms with E-state index in [9.17, 15) is 4.79 Å². The number of anilines is 1. The number of pyridine rings is 1. The number of amides is 1. The molecular formula is C13H18ClN3O. The second-order valence-electron chi connectivity index (χ2n) is 4.57. The van der Waals surface area contributed by atoms with Crippen molar-refractivity contribution in [3.05, 3.63) is 22.8 Å². The van der Waals surface area contributed by atoms with Crippen molar-refractivity contribution in [2.75, 3.05) is 11.9 Å². The average Bonchev–Trinajstić information content (AvgIpc) is 3.10. The van der Waals surface area contributed by atoms with E-state index in [-0.39, 0.29) is 5.91 Å². The smallest absolute Gasteiger partial charge is 0.253 e. The van der Waals surface area contributed by atoms with E-state index in [1.807, 2.05) is 6.92 Å². The summed E-state index contributed by atoms with van der Waals surface area (Å²) in [5.74, 6) is 1.17. The van der Waals surface area contributed by atoms with Gasteiger partial charge in [0, 0.05) is 18.8 Å². The average molecular weight is 268 g/mol.